The lowest BCUT2D eigenvalue weighted by Gasteiger charge is -2.30. The van der Waals surface area contributed by atoms with Crippen molar-refractivity contribution in [2.45, 2.75) is 26.2 Å². The van der Waals surface area contributed by atoms with Crippen LogP contribution in [0.1, 0.15) is 25.3 Å². The Labute approximate surface area is 139 Å². The summed E-state index contributed by atoms with van der Waals surface area (Å²) in [6.07, 6.45) is 2.58. The van der Waals surface area contributed by atoms with Gasteiger partial charge in [0.25, 0.3) is 0 Å². The Bertz CT molecular complexity index is 482. The van der Waals surface area contributed by atoms with E-state index in [1.807, 2.05) is 18.2 Å². The van der Waals surface area contributed by atoms with Crippen LogP contribution in [0.15, 0.2) is 30.3 Å². The molecule has 0 heterocycles. The van der Waals surface area contributed by atoms with Crippen LogP contribution in [0.2, 0.25) is 0 Å². The van der Waals surface area contributed by atoms with Gasteiger partial charge in [-0.05, 0) is 30.2 Å². The summed E-state index contributed by atoms with van der Waals surface area (Å²) in [7, 11) is -2.86. The third kappa shape index (κ3) is 5.86. The molecular formula is C15H22Br2O2S. The summed E-state index contributed by atoms with van der Waals surface area (Å²) in [6, 6.07) is 10.4. The van der Waals surface area contributed by atoms with E-state index >= 15 is 0 Å². The molecule has 0 saturated carbocycles. The van der Waals surface area contributed by atoms with Gasteiger partial charge in [0.1, 0.15) is 9.84 Å². The molecule has 5 heteroatoms. The number of sulfone groups is 1. The summed E-state index contributed by atoms with van der Waals surface area (Å²) < 4.78 is 23.2. The van der Waals surface area contributed by atoms with Gasteiger partial charge in [-0.2, -0.15) is 0 Å². The summed E-state index contributed by atoms with van der Waals surface area (Å²) in [6.45, 7) is 1.71. The highest BCUT2D eigenvalue weighted by atomic mass is 79.9. The largest absolute Gasteiger partial charge is 0.229 e. The lowest BCUT2D eigenvalue weighted by molar-refractivity contribution is 0.352. The SMILES string of the molecule is CCS(=O)(=O)CCCC(CBr)(CBr)Cc1ccccc1. The molecule has 0 aliphatic carbocycles. The maximum Gasteiger partial charge on any atom is 0.150 e. The van der Waals surface area contributed by atoms with Crippen LogP contribution in [0, 0.1) is 5.41 Å². The highest BCUT2D eigenvalue weighted by Gasteiger charge is 2.28. The van der Waals surface area contributed by atoms with Gasteiger partial charge in [0.05, 0.1) is 5.75 Å². The maximum atomic E-state index is 11.6. The number of alkyl halides is 2. The van der Waals surface area contributed by atoms with E-state index in [0.717, 1.165) is 29.9 Å². The predicted octanol–water partition coefficient (Wildman–Crippen LogP) is 4.22. The summed E-state index contributed by atoms with van der Waals surface area (Å²) in [5.41, 5.74) is 1.37. The van der Waals surface area contributed by atoms with Crippen LogP contribution in [0.4, 0.5) is 0 Å². The predicted molar refractivity (Wildman–Crippen MR) is 93.7 cm³/mol. The lowest BCUT2D eigenvalue weighted by atomic mass is 9.82. The zero-order chi connectivity index (χ0) is 15.1. The molecule has 114 valence electrons. The van der Waals surface area contributed by atoms with Crippen molar-refractivity contribution in [2.24, 2.45) is 5.41 Å². The second kappa shape index (κ2) is 8.54. The second-order valence-electron chi connectivity index (χ2n) is 5.27. The number of halogens is 2. The minimum Gasteiger partial charge on any atom is -0.229 e. The van der Waals surface area contributed by atoms with E-state index in [0.29, 0.717) is 5.75 Å². The Morgan fingerprint density at radius 2 is 1.70 bits per heavy atom. The summed E-state index contributed by atoms with van der Waals surface area (Å²) >= 11 is 7.22. The van der Waals surface area contributed by atoms with Gasteiger partial charge in [-0.25, -0.2) is 8.42 Å². The summed E-state index contributed by atoms with van der Waals surface area (Å²) in [4.78, 5) is 0. The zero-order valence-corrected chi connectivity index (χ0v) is 15.8. The minimum atomic E-state index is -2.86. The number of hydrogen-bond acceptors (Lipinski definition) is 2. The molecule has 2 nitrogen and oxygen atoms in total. The van der Waals surface area contributed by atoms with E-state index in [1.54, 1.807) is 6.92 Å². The van der Waals surface area contributed by atoms with Crippen LogP contribution in [-0.4, -0.2) is 30.6 Å². The van der Waals surface area contributed by atoms with Crippen LogP contribution in [-0.2, 0) is 16.3 Å². The van der Waals surface area contributed by atoms with Gasteiger partial charge in [-0.1, -0.05) is 69.1 Å². The zero-order valence-electron chi connectivity index (χ0n) is 11.8. The van der Waals surface area contributed by atoms with Crippen molar-refractivity contribution in [3.05, 3.63) is 35.9 Å². The first-order chi connectivity index (χ1) is 9.47. The van der Waals surface area contributed by atoms with Crippen LogP contribution in [0.25, 0.3) is 0 Å². The number of hydrogen-bond donors (Lipinski definition) is 0. The van der Waals surface area contributed by atoms with E-state index < -0.39 is 9.84 Å². The van der Waals surface area contributed by atoms with Crippen molar-refractivity contribution < 1.29 is 8.42 Å². The molecule has 0 bridgehead atoms. The van der Waals surface area contributed by atoms with Gasteiger partial charge in [0.15, 0.2) is 0 Å². The molecule has 20 heavy (non-hydrogen) atoms. The topological polar surface area (TPSA) is 34.1 Å². The molecule has 0 aromatic heterocycles. The first-order valence-electron chi connectivity index (χ1n) is 6.83. The second-order valence-corrected chi connectivity index (χ2v) is 8.86. The molecule has 0 amide bonds. The molecule has 1 rings (SSSR count). The summed E-state index contributed by atoms with van der Waals surface area (Å²) in [5.74, 6) is 0.529. The van der Waals surface area contributed by atoms with Crippen LogP contribution in [0.5, 0.6) is 0 Å². The van der Waals surface area contributed by atoms with E-state index in [9.17, 15) is 8.42 Å². The lowest BCUT2D eigenvalue weighted by Crippen LogP contribution is -2.28. The molecule has 0 fully saturated rings. The van der Waals surface area contributed by atoms with Crippen molar-refractivity contribution in [1.82, 2.24) is 0 Å². The molecule has 0 radical (unpaired) electrons. The maximum absolute atomic E-state index is 11.6. The van der Waals surface area contributed by atoms with Gasteiger partial charge in [-0.3, -0.25) is 0 Å². The molecule has 0 unspecified atom stereocenters. The van der Waals surface area contributed by atoms with Crippen molar-refractivity contribution in [2.75, 3.05) is 22.2 Å². The Morgan fingerprint density at radius 3 is 2.20 bits per heavy atom. The highest BCUT2D eigenvalue weighted by Crippen LogP contribution is 2.33. The highest BCUT2D eigenvalue weighted by molar-refractivity contribution is 9.09. The first kappa shape index (κ1) is 18.2. The van der Waals surface area contributed by atoms with Crippen molar-refractivity contribution in [1.29, 1.82) is 0 Å². The van der Waals surface area contributed by atoms with Crippen molar-refractivity contribution in [3.63, 3.8) is 0 Å². The van der Waals surface area contributed by atoms with Gasteiger partial charge < -0.3 is 0 Å². The Hall–Kier alpha value is 0.130. The standard InChI is InChI=1S/C15H22Br2O2S/c1-2-20(18,19)10-6-9-15(12-16,13-17)11-14-7-4-3-5-8-14/h3-5,7-8H,2,6,9-13H2,1H3. The Morgan fingerprint density at radius 1 is 1.10 bits per heavy atom. The fourth-order valence-electron chi connectivity index (χ4n) is 2.19. The van der Waals surface area contributed by atoms with E-state index in [-0.39, 0.29) is 11.2 Å². The monoisotopic (exact) mass is 424 g/mol. The molecule has 0 spiro atoms. The molecule has 0 saturated heterocycles. The molecular weight excluding hydrogens is 404 g/mol. The van der Waals surface area contributed by atoms with Crippen molar-refractivity contribution in [3.8, 4) is 0 Å². The van der Waals surface area contributed by atoms with Gasteiger partial charge in [0.2, 0.25) is 0 Å². The molecule has 0 aliphatic rings. The van der Waals surface area contributed by atoms with Crippen LogP contribution in [0.3, 0.4) is 0 Å². The number of rotatable bonds is 9. The number of benzene rings is 1. The smallest absolute Gasteiger partial charge is 0.150 e. The van der Waals surface area contributed by atoms with Gasteiger partial charge >= 0.3 is 0 Å². The fraction of sp³-hybridized carbons (Fsp3) is 0.600. The average molecular weight is 426 g/mol. The van der Waals surface area contributed by atoms with Crippen molar-refractivity contribution >= 4 is 41.7 Å². The molecule has 1 aromatic carbocycles. The molecule has 0 N–H and O–H groups in total. The van der Waals surface area contributed by atoms with E-state index in [2.05, 4.69) is 44.0 Å². The Balaban J connectivity index is 2.67. The first-order valence-corrected chi connectivity index (χ1v) is 10.9. The fourth-order valence-corrected chi connectivity index (χ4v) is 4.95. The quantitative estimate of drug-likeness (QED) is 0.555. The summed E-state index contributed by atoms with van der Waals surface area (Å²) in [5, 5.41) is 1.73. The molecule has 0 aliphatic heterocycles. The molecule has 0 atom stereocenters. The van der Waals surface area contributed by atoms with Gasteiger partial charge in [-0.15, -0.1) is 0 Å². The third-order valence-corrected chi connectivity index (χ3v) is 7.76. The van der Waals surface area contributed by atoms with E-state index in [1.165, 1.54) is 5.56 Å². The van der Waals surface area contributed by atoms with Crippen LogP contribution < -0.4 is 0 Å². The normalized spacial score (nSPS) is 12.6. The molecule has 1 aromatic rings. The van der Waals surface area contributed by atoms with Crippen LogP contribution >= 0.6 is 31.9 Å². The Kier molecular flexibility index (Phi) is 7.77. The average Bonchev–Trinajstić information content (AvgIpc) is 2.47. The van der Waals surface area contributed by atoms with Gasteiger partial charge in [0, 0.05) is 16.4 Å². The van der Waals surface area contributed by atoms with E-state index in [4.69, 9.17) is 0 Å². The third-order valence-electron chi connectivity index (χ3n) is 3.59. The minimum absolute atomic E-state index is 0.0740.